The van der Waals surface area contributed by atoms with E-state index in [1.54, 1.807) is 24.1 Å². The molecule has 2 aliphatic rings. The SMILES string of the molecule is Cc1nc(-c2sc(F)cc2COC(=O)N(C)CCC2CC2)ccc1O[C@H]1CCC[C@H](C(=O)O)C1. The number of carbonyl (C=O) groups excluding carboxylic acids is 1. The van der Waals surface area contributed by atoms with Crippen LogP contribution in [-0.4, -0.2) is 46.7 Å². The number of nitrogens with zero attached hydrogens (tertiary/aromatic N) is 2. The molecule has 34 heavy (non-hydrogen) atoms. The second-order valence-electron chi connectivity index (χ2n) is 9.33. The second kappa shape index (κ2) is 10.7. The summed E-state index contributed by atoms with van der Waals surface area (Å²) in [6, 6.07) is 4.94. The van der Waals surface area contributed by atoms with E-state index in [9.17, 15) is 19.1 Å². The Hall–Kier alpha value is -2.68. The first-order valence-corrected chi connectivity index (χ1v) is 12.7. The summed E-state index contributed by atoms with van der Waals surface area (Å²) in [6.07, 6.45) is 5.67. The molecule has 7 nitrogen and oxygen atoms in total. The largest absolute Gasteiger partial charge is 0.489 e. The number of carbonyl (C=O) groups is 2. The second-order valence-corrected chi connectivity index (χ2v) is 10.3. The molecule has 2 heterocycles. The molecule has 4 rings (SSSR count). The van der Waals surface area contributed by atoms with Crippen molar-refractivity contribution in [2.45, 2.75) is 64.6 Å². The summed E-state index contributed by atoms with van der Waals surface area (Å²) in [5.41, 5.74) is 1.80. The summed E-state index contributed by atoms with van der Waals surface area (Å²) in [5, 5.41) is 8.92. The Kier molecular flexibility index (Phi) is 7.70. The van der Waals surface area contributed by atoms with Gasteiger partial charge in [-0.1, -0.05) is 12.8 Å². The number of hydrogen-bond acceptors (Lipinski definition) is 6. The normalized spacial score (nSPS) is 20.1. The molecule has 0 bridgehead atoms. The van der Waals surface area contributed by atoms with Gasteiger partial charge in [-0.3, -0.25) is 4.79 Å². The van der Waals surface area contributed by atoms with E-state index in [1.165, 1.54) is 18.9 Å². The van der Waals surface area contributed by atoms with E-state index in [2.05, 4.69) is 4.98 Å². The van der Waals surface area contributed by atoms with Crippen molar-refractivity contribution < 1.29 is 28.6 Å². The van der Waals surface area contributed by atoms with Crippen molar-refractivity contribution >= 4 is 23.4 Å². The summed E-state index contributed by atoms with van der Waals surface area (Å²) in [6.45, 7) is 2.44. The lowest BCUT2D eigenvalue weighted by Crippen LogP contribution is -2.29. The maximum atomic E-state index is 14.1. The number of aliphatic carboxylic acids is 1. The van der Waals surface area contributed by atoms with E-state index < -0.39 is 12.1 Å². The minimum Gasteiger partial charge on any atom is -0.489 e. The smallest absolute Gasteiger partial charge is 0.409 e. The topological polar surface area (TPSA) is 89.0 Å². The molecule has 0 radical (unpaired) electrons. The van der Waals surface area contributed by atoms with Crippen molar-refractivity contribution in [3.05, 3.63) is 34.6 Å². The Morgan fingerprint density at radius 1 is 1.26 bits per heavy atom. The number of carboxylic acids is 1. The molecular formula is C25H31FN2O5S. The molecule has 2 saturated carbocycles. The number of halogens is 1. The van der Waals surface area contributed by atoms with Crippen LogP contribution in [0.3, 0.4) is 0 Å². The molecule has 184 valence electrons. The fourth-order valence-corrected chi connectivity index (χ4v) is 5.16. The lowest BCUT2D eigenvalue weighted by Gasteiger charge is -2.27. The quantitative estimate of drug-likeness (QED) is 0.489. The molecule has 2 aromatic heterocycles. The third-order valence-electron chi connectivity index (χ3n) is 6.55. The number of aromatic nitrogens is 1. The number of thiophene rings is 1. The van der Waals surface area contributed by atoms with Crippen LogP contribution in [0.1, 0.15) is 56.2 Å². The van der Waals surface area contributed by atoms with E-state index in [1.807, 2.05) is 6.92 Å². The van der Waals surface area contributed by atoms with Crippen molar-refractivity contribution in [2.75, 3.05) is 13.6 Å². The number of aryl methyl sites for hydroxylation is 1. The van der Waals surface area contributed by atoms with Crippen LogP contribution in [-0.2, 0) is 16.1 Å². The van der Waals surface area contributed by atoms with Gasteiger partial charge in [-0.15, -0.1) is 11.3 Å². The van der Waals surface area contributed by atoms with Crippen molar-refractivity contribution in [1.82, 2.24) is 9.88 Å². The molecule has 1 amide bonds. The first-order valence-electron chi connectivity index (χ1n) is 11.8. The Labute approximate surface area is 202 Å². The van der Waals surface area contributed by atoms with Gasteiger partial charge >= 0.3 is 12.1 Å². The third kappa shape index (κ3) is 6.25. The highest BCUT2D eigenvalue weighted by molar-refractivity contribution is 7.14. The fraction of sp³-hybridized carbons (Fsp3) is 0.560. The molecule has 0 saturated heterocycles. The van der Waals surface area contributed by atoms with Gasteiger partial charge in [0.25, 0.3) is 0 Å². The van der Waals surface area contributed by atoms with Gasteiger partial charge in [0, 0.05) is 19.2 Å². The van der Waals surface area contributed by atoms with Gasteiger partial charge in [-0.05, 0) is 63.1 Å². The van der Waals surface area contributed by atoms with Crippen LogP contribution in [0.25, 0.3) is 10.6 Å². The van der Waals surface area contributed by atoms with Crippen LogP contribution in [0.5, 0.6) is 5.75 Å². The number of carboxylic acid groups (broad SMARTS) is 1. The molecule has 9 heteroatoms. The summed E-state index contributed by atoms with van der Waals surface area (Å²) >= 11 is 0.964. The molecular weight excluding hydrogens is 459 g/mol. The van der Waals surface area contributed by atoms with Crippen LogP contribution >= 0.6 is 11.3 Å². The zero-order chi connectivity index (χ0) is 24.2. The fourth-order valence-electron chi connectivity index (χ4n) is 4.30. The van der Waals surface area contributed by atoms with E-state index in [-0.39, 0.29) is 23.8 Å². The van der Waals surface area contributed by atoms with Gasteiger partial charge in [-0.25, -0.2) is 9.78 Å². The van der Waals surface area contributed by atoms with E-state index in [0.29, 0.717) is 47.0 Å². The van der Waals surface area contributed by atoms with Gasteiger partial charge in [0.1, 0.15) is 12.4 Å². The maximum Gasteiger partial charge on any atom is 0.409 e. The van der Waals surface area contributed by atoms with E-state index in [0.717, 1.165) is 36.5 Å². The highest BCUT2D eigenvalue weighted by Crippen LogP contribution is 2.35. The van der Waals surface area contributed by atoms with Crippen LogP contribution in [0.4, 0.5) is 9.18 Å². The molecule has 2 atom stereocenters. The molecule has 2 fully saturated rings. The van der Waals surface area contributed by atoms with Gasteiger partial charge < -0.3 is 19.5 Å². The maximum absolute atomic E-state index is 14.1. The molecule has 0 spiro atoms. The van der Waals surface area contributed by atoms with Crippen LogP contribution in [0.15, 0.2) is 18.2 Å². The number of rotatable bonds is 9. The van der Waals surface area contributed by atoms with Crippen molar-refractivity contribution in [1.29, 1.82) is 0 Å². The van der Waals surface area contributed by atoms with Crippen LogP contribution in [0.2, 0.25) is 0 Å². The molecule has 0 unspecified atom stereocenters. The number of hydrogen-bond donors (Lipinski definition) is 1. The average Bonchev–Trinajstić information content (AvgIpc) is 3.57. The zero-order valence-corrected chi connectivity index (χ0v) is 20.4. The zero-order valence-electron chi connectivity index (χ0n) is 19.6. The summed E-state index contributed by atoms with van der Waals surface area (Å²) < 4.78 is 25.6. The number of amides is 1. The molecule has 2 aromatic rings. The monoisotopic (exact) mass is 490 g/mol. The van der Waals surface area contributed by atoms with Crippen molar-refractivity contribution in [2.24, 2.45) is 11.8 Å². The Morgan fingerprint density at radius 3 is 2.76 bits per heavy atom. The minimum absolute atomic E-state index is 0.0278. The lowest BCUT2D eigenvalue weighted by atomic mass is 9.87. The van der Waals surface area contributed by atoms with Gasteiger partial charge in [-0.2, -0.15) is 4.39 Å². The predicted molar refractivity (Wildman–Crippen MR) is 126 cm³/mol. The standard InChI is InChI=1S/C25H31FN2O5S/c1-15-21(33-19-5-3-4-17(12-19)24(29)30)9-8-20(27-15)23-18(13-22(26)34-23)14-32-25(31)28(2)11-10-16-6-7-16/h8-9,13,16-17,19H,3-7,10-12,14H2,1-2H3,(H,29,30)/t17-,19-/m0/s1. The molecule has 0 aromatic carbocycles. The van der Waals surface area contributed by atoms with Gasteiger partial charge in [0.2, 0.25) is 0 Å². The summed E-state index contributed by atoms with van der Waals surface area (Å²) in [7, 11) is 1.72. The van der Waals surface area contributed by atoms with E-state index in [4.69, 9.17) is 9.47 Å². The van der Waals surface area contributed by atoms with E-state index >= 15 is 0 Å². The van der Waals surface area contributed by atoms with Crippen molar-refractivity contribution in [3.8, 4) is 16.3 Å². The summed E-state index contributed by atoms with van der Waals surface area (Å²) in [4.78, 5) is 30.4. The first kappa shape index (κ1) is 24.4. The Bertz CT molecular complexity index is 1040. The van der Waals surface area contributed by atoms with Gasteiger partial charge in [0.05, 0.1) is 28.3 Å². The van der Waals surface area contributed by atoms with Crippen molar-refractivity contribution in [3.63, 3.8) is 0 Å². The van der Waals surface area contributed by atoms with Crippen LogP contribution < -0.4 is 4.74 Å². The average molecular weight is 491 g/mol. The highest BCUT2D eigenvalue weighted by Gasteiger charge is 2.28. The third-order valence-corrected chi connectivity index (χ3v) is 7.54. The molecule has 1 N–H and O–H groups in total. The highest BCUT2D eigenvalue weighted by atomic mass is 32.1. The number of ether oxygens (including phenoxy) is 2. The minimum atomic E-state index is -0.777. The molecule has 2 aliphatic carbocycles. The van der Waals surface area contributed by atoms with Gasteiger partial charge in [0.15, 0.2) is 5.13 Å². The predicted octanol–water partition coefficient (Wildman–Crippen LogP) is 5.65. The first-order chi connectivity index (χ1) is 16.3. The lowest BCUT2D eigenvalue weighted by molar-refractivity contribution is -0.143. The number of pyridine rings is 1. The van der Waals surface area contributed by atoms with Crippen LogP contribution in [0, 0.1) is 23.9 Å². The Morgan fingerprint density at radius 2 is 2.06 bits per heavy atom. The Balaban J connectivity index is 1.39. The molecule has 0 aliphatic heterocycles. The summed E-state index contributed by atoms with van der Waals surface area (Å²) in [5.74, 6) is 0.173.